The standard InChI is InChI=1S/C13H18O.C12H14O.C12H12O.C12H14O.C11H14O.C9H8O.C6H6.7C2H6/c1-4-12(10(2)3)13(14)11-8-6-5-7-9-11;2*1-8(2)11-7-9-5-3-4-6-10(9)12(11)13;1-9(2)10(3)12(13)11-7-5-4-6-8-11;1-9(2)8-11(12)10-6-4-3-5-7-10;10-9-6-5-7-3-1-2-4-8(7)9;1-2-4-6-5-3-1;7*1-2/h5-10,12H,4H2,1-3H3;3-6,8,11H,7H2,1-2H3;3-6H,7H2,1-2H3;4-9H,3H2,1-2H3;3-7,9H,8H2,1-2H3;1-4H,5-6H2;1-6H;7*1-2H3. The molecule has 7 aromatic carbocycles. The zero-order valence-electron chi connectivity index (χ0n) is 63.9. The van der Waals surface area contributed by atoms with Crippen molar-refractivity contribution in [2.45, 2.75) is 212 Å². The minimum atomic E-state index is 0.0515. The Kier molecular flexibility index (Phi) is 57.6. The van der Waals surface area contributed by atoms with Crippen molar-refractivity contribution in [3.8, 4) is 0 Å². The van der Waals surface area contributed by atoms with Crippen LogP contribution in [0.2, 0.25) is 0 Å². The first-order chi connectivity index (χ1) is 45.8. The monoisotopic (exact) mass is 1290 g/mol. The Hall–Kier alpha value is -7.96. The molecule has 7 aromatic rings. The lowest BCUT2D eigenvalue weighted by Crippen LogP contribution is -2.19. The Bertz CT molecular complexity index is 3110. The molecule has 0 N–H and O–H groups in total. The minimum Gasteiger partial charge on any atom is -0.294 e. The van der Waals surface area contributed by atoms with E-state index in [0.717, 1.165) is 70.2 Å². The molecule has 3 aliphatic carbocycles. The number of hydrogen-bond acceptors (Lipinski definition) is 6. The highest BCUT2D eigenvalue weighted by Gasteiger charge is 2.32. The average molecular weight is 1290 g/mol. The highest BCUT2D eigenvalue weighted by molar-refractivity contribution is 6.13. The number of Topliss-reactive ketones (excluding diaryl/α,β-unsaturated/α-hetero) is 6. The highest BCUT2D eigenvalue weighted by atomic mass is 16.1. The third-order valence-corrected chi connectivity index (χ3v) is 14.3. The van der Waals surface area contributed by atoms with Crippen LogP contribution in [0.5, 0.6) is 0 Å². The van der Waals surface area contributed by atoms with Crippen molar-refractivity contribution in [2.75, 3.05) is 0 Å². The van der Waals surface area contributed by atoms with Gasteiger partial charge in [0.15, 0.2) is 34.7 Å². The van der Waals surface area contributed by atoms with Crippen LogP contribution in [-0.2, 0) is 19.3 Å². The lowest BCUT2D eigenvalue weighted by molar-refractivity contribution is 0.0878. The van der Waals surface area contributed by atoms with Gasteiger partial charge in [-0.25, -0.2) is 0 Å². The second kappa shape index (κ2) is 58.6. The molecule has 0 saturated heterocycles. The molecule has 0 aromatic heterocycles. The van der Waals surface area contributed by atoms with Crippen molar-refractivity contribution in [1.82, 2.24) is 0 Å². The quantitative estimate of drug-likeness (QED) is 0.0944. The molecule has 6 nitrogen and oxygen atoms in total. The van der Waals surface area contributed by atoms with Gasteiger partial charge < -0.3 is 0 Å². The molecule has 6 heteroatoms. The molecule has 95 heavy (non-hydrogen) atoms. The number of carbonyl (C=O) groups excluding carboxylic acids is 6. The van der Waals surface area contributed by atoms with E-state index in [9.17, 15) is 28.8 Å². The Labute approximate surface area is 581 Å². The van der Waals surface area contributed by atoms with E-state index in [1.165, 1.54) is 16.7 Å². The Balaban J connectivity index is -0.000000496. The van der Waals surface area contributed by atoms with Crippen LogP contribution < -0.4 is 0 Å². The summed E-state index contributed by atoms with van der Waals surface area (Å²) in [6, 6.07) is 63.9. The van der Waals surface area contributed by atoms with Crippen molar-refractivity contribution in [3.63, 3.8) is 0 Å². The summed E-state index contributed by atoms with van der Waals surface area (Å²) in [5.74, 6) is 3.36. The van der Waals surface area contributed by atoms with Gasteiger partial charge >= 0.3 is 0 Å². The van der Waals surface area contributed by atoms with Gasteiger partial charge in [-0.15, -0.1) is 0 Å². The Morgan fingerprint density at radius 3 is 1.18 bits per heavy atom. The van der Waals surface area contributed by atoms with Crippen LogP contribution in [0.4, 0.5) is 0 Å². The number of fused-ring (bicyclic) bond motifs is 3. The molecule has 0 amide bonds. The fraction of sp³-hybridized carbons (Fsp3) is 0.416. The van der Waals surface area contributed by atoms with E-state index in [0.29, 0.717) is 47.7 Å². The fourth-order valence-corrected chi connectivity index (χ4v) is 9.44. The molecule has 0 aliphatic heterocycles. The van der Waals surface area contributed by atoms with Gasteiger partial charge in [0.05, 0.1) is 0 Å². The second-order valence-electron chi connectivity index (χ2n) is 22.2. The molecule has 0 heterocycles. The summed E-state index contributed by atoms with van der Waals surface area (Å²) in [6.45, 7) is 54.4. The largest absolute Gasteiger partial charge is 0.294 e. The highest BCUT2D eigenvalue weighted by Crippen LogP contribution is 2.31. The summed E-state index contributed by atoms with van der Waals surface area (Å²) in [5.41, 5.74) is 11.6. The zero-order valence-corrected chi connectivity index (χ0v) is 63.9. The van der Waals surface area contributed by atoms with Crippen molar-refractivity contribution in [2.24, 2.45) is 35.5 Å². The maximum Gasteiger partial charge on any atom is 0.189 e. The van der Waals surface area contributed by atoms with Crippen LogP contribution in [0.1, 0.15) is 271 Å². The summed E-state index contributed by atoms with van der Waals surface area (Å²) in [5, 5.41) is 0. The van der Waals surface area contributed by atoms with Crippen molar-refractivity contribution < 1.29 is 28.8 Å². The van der Waals surface area contributed by atoms with Crippen LogP contribution in [0.15, 0.2) is 223 Å². The van der Waals surface area contributed by atoms with E-state index in [2.05, 4.69) is 61.1 Å². The van der Waals surface area contributed by atoms with Crippen molar-refractivity contribution >= 4 is 34.7 Å². The van der Waals surface area contributed by atoms with E-state index in [-0.39, 0.29) is 40.9 Å². The predicted molar refractivity (Wildman–Crippen MR) is 415 cm³/mol. The number of benzene rings is 7. The number of aryl methyl sites for hydroxylation is 1. The van der Waals surface area contributed by atoms with E-state index in [1.807, 2.05) is 319 Å². The van der Waals surface area contributed by atoms with Crippen LogP contribution in [0.25, 0.3) is 0 Å². The van der Waals surface area contributed by atoms with E-state index >= 15 is 0 Å². The van der Waals surface area contributed by atoms with E-state index in [4.69, 9.17) is 0 Å². The van der Waals surface area contributed by atoms with E-state index < -0.39 is 0 Å². The normalized spacial score (nSPS) is 12.0. The molecule has 0 radical (unpaired) electrons. The lowest BCUT2D eigenvalue weighted by Gasteiger charge is -2.17. The SMILES string of the molecule is C=C(C(=O)c1ccccc1)C(C)C.CC.CC.CC.CC.CC.CC.CC.CC(C)=C1Cc2ccccc2C1=O.CC(C)C1Cc2ccccc2C1=O.CC(C)CC(=O)c1ccccc1.CCC(C(=O)c1ccccc1)C(C)C.O=C1CCc2ccccc21.c1ccccc1. The number of ketones is 6. The van der Waals surface area contributed by atoms with Gasteiger partial charge in [0.1, 0.15) is 0 Å². The molecule has 3 aliphatic rings. The number of carbonyl (C=O) groups is 6. The Morgan fingerprint density at radius 1 is 0.442 bits per heavy atom. The van der Waals surface area contributed by atoms with Crippen LogP contribution in [0.3, 0.4) is 0 Å². The minimum absolute atomic E-state index is 0.0515. The first-order valence-electron chi connectivity index (χ1n) is 35.7. The molecular weight excluding hydrogens is 1160 g/mol. The molecule has 0 bridgehead atoms. The summed E-state index contributed by atoms with van der Waals surface area (Å²) < 4.78 is 0. The predicted octanol–water partition coefficient (Wildman–Crippen LogP) is 25.7. The smallest absolute Gasteiger partial charge is 0.189 e. The zero-order chi connectivity index (χ0) is 73.4. The van der Waals surface area contributed by atoms with Crippen LogP contribution in [-0.4, -0.2) is 34.7 Å². The van der Waals surface area contributed by atoms with Crippen LogP contribution in [0, 0.1) is 35.5 Å². The molecule has 0 saturated carbocycles. The molecule has 2 unspecified atom stereocenters. The van der Waals surface area contributed by atoms with E-state index in [1.54, 1.807) is 0 Å². The average Bonchev–Trinajstić information content (AvgIpc) is 1.75. The number of hydrogen-bond donors (Lipinski definition) is 0. The summed E-state index contributed by atoms with van der Waals surface area (Å²) in [7, 11) is 0. The Morgan fingerprint density at radius 2 is 0.811 bits per heavy atom. The number of rotatable bonds is 11. The third kappa shape index (κ3) is 35.9. The molecule has 520 valence electrons. The summed E-state index contributed by atoms with van der Waals surface area (Å²) >= 11 is 0. The number of allylic oxidation sites excluding steroid dienone is 3. The third-order valence-electron chi connectivity index (χ3n) is 14.3. The van der Waals surface area contributed by atoms with Gasteiger partial charge in [-0.1, -0.05) is 372 Å². The first-order valence-corrected chi connectivity index (χ1v) is 35.7. The van der Waals surface area contributed by atoms with Crippen molar-refractivity contribution in [1.29, 1.82) is 0 Å². The van der Waals surface area contributed by atoms with Crippen molar-refractivity contribution in [3.05, 3.63) is 274 Å². The second-order valence-corrected chi connectivity index (χ2v) is 22.2. The maximum atomic E-state index is 12.0. The summed E-state index contributed by atoms with van der Waals surface area (Å²) in [6.07, 6.45) is 4.97. The summed E-state index contributed by atoms with van der Waals surface area (Å²) in [4.78, 5) is 69.8. The van der Waals surface area contributed by atoms with Gasteiger partial charge in [-0.05, 0) is 79.0 Å². The maximum absolute atomic E-state index is 12.0. The molecule has 2 atom stereocenters. The molecule has 10 rings (SSSR count). The first kappa shape index (κ1) is 93.4. The van der Waals surface area contributed by atoms with Gasteiger partial charge in [0.25, 0.3) is 0 Å². The van der Waals surface area contributed by atoms with Gasteiger partial charge in [0.2, 0.25) is 0 Å². The fourth-order valence-electron chi connectivity index (χ4n) is 9.44. The topological polar surface area (TPSA) is 102 Å². The van der Waals surface area contributed by atoms with Gasteiger partial charge in [-0.2, -0.15) is 0 Å². The molecule has 0 spiro atoms. The van der Waals surface area contributed by atoms with Crippen LogP contribution >= 0.6 is 0 Å². The molecule has 0 fully saturated rings. The lowest BCUT2D eigenvalue weighted by atomic mass is 9.86. The van der Waals surface area contributed by atoms with Gasteiger partial charge in [-0.3, -0.25) is 28.8 Å². The molecular formula is C89H128O6. The van der Waals surface area contributed by atoms with Gasteiger partial charge in [0, 0.05) is 70.1 Å².